The second-order valence-corrected chi connectivity index (χ2v) is 3.44. The van der Waals surface area contributed by atoms with E-state index in [2.05, 4.69) is 5.32 Å². The second-order valence-electron chi connectivity index (χ2n) is 3.44. The third-order valence-electron chi connectivity index (χ3n) is 2.01. The van der Waals surface area contributed by atoms with Gasteiger partial charge in [0.1, 0.15) is 11.5 Å². The maximum Gasteiger partial charge on any atom is 0.236 e. The molecule has 0 bridgehead atoms. The number of nitrogens with one attached hydrogen (secondary N) is 1. The number of rotatable bonds is 3. The van der Waals surface area contributed by atoms with Crippen LogP contribution in [-0.4, -0.2) is 11.9 Å². The number of amides is 1. The summed E-state index contributed by atoms with van der Waals surface area (Å²) < 4.78 is 5.32. The number of aryl methyl sites for hydroxylation is 2. The van der Waals surface area contributed by atoms with Gasteiger partial charge in [0.25, 0.3) is 0 Å². The molecule has 0 saturated heterocycles. The van der Waals surface area contributed by atoms with E-state index < -0.39 is 6.04 Å². The minimum atomic E-state index is -0.469. The Morgan fingerprint density at radius 3 is 2.71 bits per heavy atom. The van der Waals surface area contributed by atoms with Crippen LogP contribution >= 0.6 is 0 Å². The van der Waals surface area contributed by atoms with Gasteiger partial charge in [-0.2, -0.15) is 0 Å². The highest BCUT2D eigenvalue weighted by atomic mass is 16.3. The monoisotopic (exact) mass is 196 g/mol. The molecule has 3 N–H and O–H groups in total. The molecule has 4 nitrogen and oxygen atoms in total. The highest BCUT2D eigenvalue weighted by Crippen LogP contribution is 2.12. The summed E-state index contributed by atoms with van der Waals surface area (Å²) >= 11 is 0. The lowest BCUT2D eigenvalue weighted by molar-refractivity contribution is -0.122. The Bertz CT molecular complexity index is 329. The van der Waals surface area contributed by atoms with Gasteiger partial charge in [0.2, 0.25) is 5.91 Å². The molecule has 1 rings (SSSR count). The summed E-state index contributed by atoms with van der Waals surface area (Å²) in [5.74, 6) is 1.54. The van der Waals surface area contributed by atoms with Crippen LogP contribution in [0.4, 0.5) is 0 Å². The predicted octanol–water partition coefficient (Wildman–Crippen LogP) is 0.860. The maximum absolute atomic E-state index is 11.2. The van der Waals surface area contributed by atoms with Crippen molar-refractivity contribution in [2.75, 3.05) is 0 Å². The molecule has 0 fully saturated rings. The normalized spacial score (nSPS) is 12.6. The molecular formula is C10H16N2O2. The fourth-order valence-electron chi connectivity index (χ4n) is 1.20. The van der Waals surface area contributed by atoms with E-state index >= 15 is 0 Å². The van der Waals surface area contributed by atoms with Crippen LogP contribution in [0.3, 0.4) is 0 Å². The molecule has 0 aliphatic carbocycles. The van der Waals surface area contributed by atoms with Crippen LogP contribution in [0.5, 0.6) is 0 Å². The van der Waals surface area contributed by atoms with E-state index in [4.69, 9.17) is 10.2 Å². The van der Waals surface area contributed by atoms with E-state index in [1.165, 1.54) is 0 Å². The smallest absolute Gasteiger partial charge is 0.236 e. The highest BCUT2D eigenvalue weighted by molar-refractivity contribution is 5.80. The van der Waals surface area contributed by atoms with Crippen LogP contribution < -0.4 is 11.1 Å². The van der Waals surface area contributed by atoms with Gasteiger partial charge in [0.15, 0.2) is 0 Å². The van der Waals surface area contributed by atoms with Crippen LogP contribution in [0.2, 0.25) is 0 Å². The third kappa shape index (κ3) is 2.60. The molecule has 1 aromatic rings. The lowest BCUT2D eigenvalue weighted by atomic mass is 10.2. The van der Waals surface area contributed by atoms with E-state index in [1.54, 1.807) is 6.92 Å². The van der Waals surface area contributed by atoms with Crippen molar-refractivity contribution in [1.82, 2.24) is 5.32 Å². The van der Waals surface area contributed by atoms with Crippen molar-refractivity contribution in [3.05, 3.63) is 23.2 Å². The average Bonchev–Trinajstić information content (AvgIpc) is 2.40. The molecule has 1 atom stereocenters. The number of hydrogen-bond acceptors (Lipinski definition) is 3. The Balaban J connectivity index is 2.54. The average molecular weight is 196 g/mol. The van der Waals surface area contributed by atoms with Gasteiger partial charge in [-0.1, -0.05) is 0 Å². The minimum Gasteiger partial charge on any atom is -0.466 e. The number of carbonyl (C=O) groups is 1. The highest BCUT2D eigenvalue weighted by Gasteiger charge is 2.09. The number of hydrogen-bond donors (Lipinski definition) is 2. The summed E-state index contributed by atoms with van der Waals surface area (Å²) in [6.45, 7) is 5.89. The lowest BCUT2D eigenvalue weighted by Crippen LogP contribution is -2.37. The molecule has 78 valence electrons. The molecule has 0 unspecified atom stereocenters. The van der Waals surface area contributed by atoms with Gasteiger partial charge in [0, 0.05) is 12.1 Å². The molecule has 0 aliphatic rings. The first-order valence-corrected chi connectivity index (χ1v) is 4.60. The zero-order valence-electron chi connectivity index (χ0n) is 8.76. The van der Waals surface area contributed by atoms with Crippen LogP contribution in [0, 0.1) is 13.8 Å². The predicted molar refractivity (Wildman–Crippen MR) is 53.7 cm³/mol. The van der Waals surface area contributed by atoms with Crippen LogP contribution in [0.15, 0.2) is 10.5 Å². The van der Waals surface area contributed by atoms with Crippen molar-refractivity contribution >= 4 is 5.91 Å². The molecule has 1 heterocycles. The third-order valence-corrected chi connectivity index (χ3v) is 2.01. The van der Waals surface area contributed by atoms with E-state index in [-0.39, 0.29) is 5.91 Å². The van der Waals surface area contributed by atoms with Gasteiger partial charge in [-0.05, 0) is 26.8 Å². The lowest BCUT2D eigenvalue weighted by Gasteiger charge is -2.06. The Labute approximate surface area is 83.5 Å². The Kier molecular flexibility index (Phi) is 3.30. The van der Waals surface area contributed by atoms with E-state index in [0.29, 0.717) is 6.54 Å². The van der Waals surface area contributed by atoms with Gasteiger partial charge in [0.05, 0.1) is 6.04 Å². The standard InChI is InChI=1S/C10H16N2O2/c1-6-4-9(8(3)14-6)5-12-10(13)7(2)11/h4,7H,5,11H2,1-3H3,(H,12,13)/t7-/m1/s1. The summed E-state index contributed by atoms with van der Waals surface area (Å²) in [6.07, 6.45) is 0. The summed E-state index contributed by atoms with van der Waals surface area (Å²) in [4.78, 5) is 11.2. The molecule has 1 amide bonds. The zero-order chi connectivity index (χ0) is 10.7. The fraction of sp³-hybridized carbons (Fsp3) is 0.500. The van der Waals surface area contributed by atoms with Crippen molar-refractivity contribution in [2.24, 2.45) is 5.73 Å². The van der Waals surface area contributed by atoms with Crippen LogP contribution in [0.1, 0.15) is 24.0 Å². The zero-order valence-corrected chi connectivity index (χ0v) is 8.76. The van der Waals surface area contributed by atoms with E-state index in [0.717, 1.165) is 17.1 Å². The Morgan fingerprint density at radius 1 is 1.64 bits per heavy atom. The molecule has 0 aromatic carbocycles. The quantitative estimate of drug-likeness (QED) is 0.753. The molecule has 0 radical (unpaired) electrons. The van der Waals surface area contributed by atoms with Crippen molar-refractivity contribution in [3.63, 3.8) is 0 Å². The first-order chi connectivity index (χ1) is 6.50. The minimum absolute atomic E-state index is 0.150. The summed E-state index contributed by atoms with van der Waals surface area (Å²) in [5.41, 5.74) is 6.40. The van der Waals surface area contributed by atoms with Crippen molar-refractivity contribution in [3.8, 4) is 0 Å². The number of carbonyl (C=O) groups excluding carboxylic acids is 1. The Morgan fingerprint density at radius 2 is 2.29 bits per heavy atom. The topological polar surface area (TPSA) is 68.3 Å². The molecular weight excluding hydrogens is 180 g/mol. The molecule has 0 saturated carbocycles. The molecule has 14 heavy (non-hydrogen) atoms. The number of furan rings is 1. The molecule has 0 aliphatic heterocycles. The van der Waals surface area contributed by atoms with Crippen molar-refractivity contribution in [2.45, 2.75) is 33.4 Å². The van der Waals surface area contributed by atoms with Gasteiger partial charge < -0.3 is 15.5 Å². The number of nitrogens with two attached hydrogens (primary N) is 1. The Hall–Kier alpha value is -1.29. The van der Waals surface area contributed by atoms with Gasteiger partial charge in [-0.3, -0.25) is 4.79 Å². The second kappa shape index (κ2) is 4.28. The first-order valence-electron chi connectivity index (χ1n) is 4.60. The van der Waals surface area contributed by atoms with Crippen LogP contribution in [-0.2, 0) is 11.3 Å². The SMILES string of the molecule is Cc1cc(CNC(=O)[C@@H](C)N)c(C)o1. The maximum atomic E-state index is 11.2. The van der Waals surface area contributed by atoms with E-state index in [9.17, 15) is 4.79 Å². The van der Waals surface area contributed by atoms with Crippen LogP contribution in [0.25, 0.3) is 0 Å². The van der Waals surface area contributed by atoms with Gasteiger partial charge >= 0.3 is 0 Å². The van der Waals surface area contributed by atoms with Crippen molar-refractivity contribution in [1.29, 1.82) is 0 Å². The molecule has 0 spiro atoms. The fourth-order valence-corrected chi connectivity index (χ4v) is 1.20. The van der Waals surface area contributed by atoms with Crippen molar-refractivity contribution < 1.29 is 9.21 Å². The van der Waals surface area contributed by atoms with Gasteiger partial charge in [-0.25, -0.2) is 0 Å². The molecule has 1 aromatic heterocycles. The van der Waals surface area contributed by atoms with Gasteiger partial charge in [-0.15, -0.1) is 0 Å². The van der Waals surface area contributed by atoms with E-state index in [1.807, 2.05) is 19.9 Å². The summed E-state index contributed by atoms with van der Waals surface area (Å²) in [6, 6.07) is 1.44. The summed E-state index contributed by atoms with van der Waals surface area (Å²) in [7, 11) is 0. The largest absolute Gasteiger partial charge is 0.466 e. The molecule has 4 heteroatoms. The summed E-state index contributed by atoms with van der Waals surface area (Å²) in [5, 5.41) is 2.73. The first kappa shape index (κ1) is 10.8.